The van der Waals surface area contributed by atoms with Crippen molar-refractivity contribution >= 4 is 21.7 Å². The summed E-state index contributed by atoms with van der Waals surface area (Å²) in [5, 5.41) is 3.08. The first kappa shape index (κ1) is 21.0. The molecule has 2 aromatic rings. The Morgan fingerprint density at radius 1 is 1.21 bits per heavy atom. The second kappa shape index (κ2) is 9.19. The summed E-state index contributed by atoms with van der Waals surface area (Å²) in [6.07, 6.45) is -0.504. The van der Waals surface area contributed by atoms with Gasteiger partial charge in [0, 0.05) is 25.7 Å². The van der Waals surface area contributed by atoms with Gasteiger partial charge in [-0.05, 0) is 45.6 Å². The Morgan fingerprint density at radius 2 is 1.96 bits per heavy atom. The summed E-state index contributed by atoms with van der Waals surface area (Å²) in [4.78, 5) is 10.5. The number of alkyl halides is 3. The number of nitrogens with one attached hydrogen (secondary N) is 1. The minimum Gasteiger partial charge on any atom is -0.379 e. The minimum atomic E-state index is -4.38. The maximum absolute atomic E-state index is 13.3. The highest BCUT2D eigenvalue weighted by Gasteiger charge is 2.32. The Labute approximate surface area is 170 Å². The molecule has 0 saturated carbocycles. The predicted molar refractivity (Wildman–Crippen MR) is 104 cm³/mol. The van der Waals surface area contributed by atoms with Gasteiger partial charge >= 0.3 is 6.18 Å². The van der Waals surface area contributed by atoms with E-state index in [1.165, 1.54) is 24.5 Å². The van der Waals surface area contributed by atoms with Crippen LogP contribution in [-0.2, 0) is 17.5 Å². The van der Waals surface area contributed by atoms with Crippen molar-refractivity contribution < 1.29 is 17.9 Å². The van der Waals surface area contributed by atoms with Crippen LogP contribution >= 0.6 is 15.9 Å². The molecule has 1 aromatic carbocycles. The number of hydrogen-bond acceptors (Lipinski definition) is 5. The van der Waals surface area contributed by atoms with E-state index in [1.54, 1.807) is 6.07 Å². The van der Waals surface area contributed by atoms with Crippen molar-refractivity contribution in [2.75, 3.05) is 31.6 Å². The summed E-state index contributed by atoms with van der Waals surface area (Å²) in [6, 6.07) is 4.05. The van der Waals surface area contributed by atoms with Crippen molar-refractivity contribution in [3.63, 3.8) is 0 Å². The lowest BCUT2D eigenvalue weighted by Gasteiger charge is -2.35. The summed E-state index contributed by atoms with van der Waals surface area (Å²) >= 11 is 3.21. The van der Waals surface area contributed by atoms with Gasteiger partial charge < -0.3 is 10.1 Å². The van der Waals surface area contributed by atoms with Crippen molar-refractivity contribution in [2.45, 2.75) is 32.1 Å². The molecule has 1 aliphatic rings. The Kier molecular flexibility index (Phi) is 6.90. The number of halogens is 4. The summed E-state index contributed by atoms with van der Waals surface area (Å²) < 4.78 is 45.8. The molecule has 3 rings (SSSR count). The summed E-state index contributed by atoms with van der Waals surface area (Å²) in [5.74, 6) is 0.506. The standard InChI is InChI=1S/C19H22BrF3N4O/c1-2-16(27-5-7-28-8-6-27)15-4-3-14(19(21,22)23)9-13(15)10-25-18-12-24-17(20)11-26-18/h3-4,9,11-12,16H,2,5-8,10H2,1H3,(H,25,26). The average Bonchev–Trinajstić information content (AvgIpc) is 2.69. The number of nitrogens with zero attached hydrogens (tertiary/aromatic N) is 3. The van der Waals surface area contributed by atoms with E-state index in [2.05, 4.69) is 43.0 Å². The van der Waals surface area contributed by atoms with Crippen LogP contribution in [0.3, 0.4) is 0 Å². The van der Waals surface area contributed by atoms with E-state index in [0.717, 1.165) is 25.1 Å². The monoisotopic (exact) mass is 458 g/mol. The average molecular weight is 459 g/mol. The van der Waals surface area contributed by atoms with Crippen LogP contribution in [0, 0.1) is 0 Å². The van der Waals surface area contributed by atoms with E-state index in [0.29, 0.717) is 29.2 Å². The lowest BCUT2D eigenvalue weighted by atomic mass is 9.94. The molecule has 1 fully saturated rings. The van der Waals surface area contributed by atoms with Gasteiger partial charge in [-0.15, -0.1) is 0 Å². The molecule has 1 N–H and O–H groups in total. The van der Waals surface area contributed by atoms with Gasteiger partial charge in [-0.3, -0.25) is 4.90 Å². The van der Waals surface area contributed by atoms with Crippen LogP contribution in [0.2, 0.25) is 0 Å². The molecule has 1 unspecified atom stereocenters. The van der Waals surface area contributed by atoms with E-state index in [9.17, 15) is 13.2 Å². The molecular formula is C19H22BrF3N4O. The first-order valence-electron chi connectivity index (χ1n) is 9.11. The van der Waals surface area contributed by atoms with E-state index in [4.69, 9.17) is 4.74 Å². The number of hydrogen-bond donors (Lipinski definition) is 1. The molecule has 2 heterocycles. The van der Waals surface area contributed by atoms with E-state index < -0.39 is 11.7 Å². The van der Waals surface area contributed by atoms with Gasteiger partial charge in [0.1, 0.15) is 10.4 Å². The van der Waals surface area contributed by atoms with Crippen LogP contribution in [0.15, 0.2) is 35.2 Å². The number of ether oxygens (including phenoxy) is 1. The molecule has 1 aliphatic heterocycles. The van der Waals surface area contributed by atoms with Gasteiger partial charge in [-0.25, -0.2) is 9.97 Å². The lowest BCUT2D eigenvalue weighted by Crippen LogP contribution is -2.39. The van der Waals surface area contributed by atoms with Crippen LogP contribution < -0.4 is 5.32 Å². The highest BCUT2D eigenvalue weighted by molar-refractivity contribution is 9.10. The third kappa shape index (κ3) is 5.21. The third-order valence-electron chi connectivity index (χ3n) is 4.78. The zero-order valence-corrected chi connectivity index (χ0v) is 17.1. The lowest BCUT2D eigenvalue weighted by molar-refractivity contribution is -0.137. The number of benzene rings is 1. The molecule has 152 valence electrons. The maximum atomic E-state index is 13.3. The first-order valence-corrected chi connectivity index (χ1v) is 9.91. The number of rotatable bonds is 6. The molecular weight excluding hydrogens is 437 g/mol. The first-order chi connectivity index (χ1) is 13.4. The summed E-state index contributed by atoms with van der Waals surface area (Å²) in [7, 11) is 0. The molecule has 1 aromatic heterocycles. The molecule has 5 nitrogen and oxygen atoms in total. The molecule has 0 aliphatic carbocycles. The molecule has 0 amide bonds. The summed E-state index contributed by atoms with van der Waals surface area (Å²) in [6.45, 7) is 5.10. The fourth-order valence-electron chi connectivity index (χ4n) is 3.41. The molecule has 0 bridgehead atoms. The smallest absolute Gasteiger partial charge is 0.379 e. The van der Waals surface area contributed by atoms with Crippen LogP contribution in [0.5, 0.6) is 0 Å². The zero-order chi connectivity index (χ0) is 20.1. The van der Waals surface area contributed by atoms with Gasteiger partial charge in [0.2, 0.25) is 0 Å². The molecule has 9 heteroatoms. The SMILES string of the molecule is CCC(c1ccc(C(F)(F)F)cc1CNc1cnc(Br)cn1)N1CCOCC1. The summed E-state index contributed by atoms with van der Waals surface area (Å²) in [5.41, 5.74) is 0.861. The largest absolute Gasteiger partial charge is 0.416 e. The minimum absolute atomic E-state index is 0.0407. The Balaban J connectivity index is 1.89. The second-order valence-corrected chi connectivity index (χ2v) is 7.37. The van der Waals surface area contributed by atoms with Crippen LogP contribution in [0.1, 0.15) is 36.1 Å². The molecule has 1 atom stereocenters. The van der Waals surface area contributed by atoms with Gasteiger partial charge in [0.15, 0.2) is 0 Å². The highest BCUT2D eigenvalue weighted by Crippen LogP contribution is 2.34. The number of anilines is 1. The Bertz CT molecular complexity index is 780. The van der Waals surface area contributed by atoms with Crippen molar-refractivity contribution in [1.82, 2.24) is 14.9 Å². The number of aromatic nitrogens is 2. The normalized spacial score (nSPS) is 16.8. The van der Waals surface area contributed by atoms with Crippen molar-refractivity contribution in [1.29, 1.82) is 0 Å². The van der Waals surface area contributed by atoms with E-state index >= 15 is 0 Å². The maximum Gasteiger partial charge on any atom is 0.416 e. The Morgan fingerprint density at radius 3 is 2.57 bits per heavy atom. The van der Waals surface area contributed by atoms with Crippen molar-refractivity contribution in [2.24, 2.45) is 0 Å². The van der Waals surface area contributed by atoms with Gasteiger partial charge in [0.25, 0.3) is 0 Å². The molecule has 0 radical (unpaired) electrons. The van der Waals surface area contributed by atoms with Gasteiger partial charge in [-0.2, -0.15) is 13.2 Å². The quantitative estimate of drug-likeness (QED) is 0.682. The van der Waals surface area contributed by atoms with Crippen molar-refractivity contribution in [3.8, 4) is 0 Å². The van der Waals surface area contributed by atoms with Gasteiger partial charge in [0.05, 0.1) is 31.2 Å². The third-order valence-corrected chi connectivity index (χ3v) is 5.19. The number of morpholine rings is 1. The van der Waals surface area contributed by atoms with Crippen LogP contribution in [0.4, 0.5) is 19.0 Å². The molecule has 28 heavy (non-hydrogen) atoms. The highest BCUT2D eigenvalue weighted by atomic mass is 79.9. The zero-order valence-electron chi connectivity index (χ0n) is 15.5. The second-order valence-electron chi connectivity index (χ2n) is 6.56. The fraction of sp³-hybridized carbons (Fsp3) is 0.474. The molecule has 0 spiro atoms. The molecule has 1 saturated heterocycles. The predicted octanol–water partition coefficient (Wildman–Crippen LogP) is 4.65. The Hall–Kier alpha value is -1.71. The van der Waals surface area contributed by atoms with E-state index in [-0.39, 0.29) is 12.6 Å². The van der Waals surface area contributed by atoms with E-state index in [1.807, 2.05) is 0 Å². The topological polar surface area (TPSA) is 50.3 Å². The van der Waals surface area contributed by atoms with Crippen molar-refractivity contribution in [3.05, 3.63) is 51.9 Å². The van der Waals surface area contributed by atoms with Crippen LogP contribution in [0.25, 0.3) is 0 Å². The van der Waals surface area contributed by atoms with Crippen LogP contribution in [-0.4, -0.2) is 41.2 Å². The van der Waals surface area contributed by atoms with Gasteiger partial charge in [-0.1, -0.05) is 13.0 Å². The fourth-order valence-corrected chi connectivity index (χ4v) is 3.62.